The highest BCUT2D eigenvalue weighted by molar-refractivity contribution is 6.06. The number of rotatable bonds is 8. The third-order valence-corrected chi connectivity index (χ3v) is 14.7. The highest BCUT2D eigenvalue weighted by Gasteiger charge is 2.29. The number of carbonyl (C=O) groups is 1. The van der Waals surface area contributed by atoms with Crippen LogP contribution in [0.2, 0.25) is 0 Å². The lowest BCUT2D eigenvalue weighted by Crippen LogP contribution is -2.50. The Balaban J connectivity index is 0.000000170. The molecular formula is C53H65ClN16O4. The third-order valence-electron chi connectivity index (χ3n) is 14.7. The first-order chi connectivity index (χ1) is 35.4. The predicted molar refractivity (Wildman–Crippen MR) is 293 cm³/mol. The van der Waals surface area contributed by atoms with Crippen molar-refractivity contribution in [3.63, 3.8) is 0 Å². The molecular weight excluding hydrogens is 960 g/mol. The Morgan fingerprint density at radius 1 is 0.581 bits per heavy atom. The maximum Gasteiger partial charge on any atom is 0.410 e. The Hall–Kier alpha value is -7.32. The summed E-state index contributed by atoms with van der Waals surface area (Å²) >= 11 is 0. The van der Waals surface area contributed by atoms with E-state index < -0.39 is 5.60 Å². The van der Waals surface area contributed by atoms with E-state index in [0.29, 0.717) is 61.8 Å². The van der Waals surface area contributed by atoms with Crippen molar-refractivity contribution in [3.8, 4) is 0 Å². The molecule has 10 heterocycles. The summed E-state index contributed by atoms with van der Waals surface area (Å²) in [5.41, 5.74) is 5.10. The fourth-order valence-electron chi connectivity index (χ4n) is 11.0. The highest BCUT2D eigenvalue weighted by Crippen LogP contribution is 2.39. The Bertz CT molecular complexity index is 3430. The summed E-state index contributed by atoms with van der Waals surface area (Å²) in [6.45, 7) is 12.2. The fraction of sp³-hybridized carbons (Fsp3) is 0.453. The second-order valence-corrected chi connectivity index (χ2v) is 20.7. The lowest BCUT2D eigenvalue weighted by atomic mass is 10.2. The Kier molecular flexibility index (Phi) is 14.2. The summed E-state index contributed by atoms with van der Waals surface area (Å²) in [5, 5.41) is 13.8. The van der Waals surface area contributed by atoms with Crippen molar-refractivity contribution in [2.75, 3.05) is 72.8 Å². The molecule has 4 aliphatic rings. The molecule has 12 rings (SSSR count). The Morgan fingerprint density at radius 3 is 1.45 bits per heavy atom. The van der Waals surface area contributed by atoms with Crippen LogP contribution < -0.4 is 36.9 Å². The van der Waals surface area contributed by atoms with Crippen molar-refractivity contribution < 1.29 is 9.53 Å². The molecule has 0 spiro atoms. The van der Waals surface area contributed by atoms with Crippen molar-refractivity contribution in [2.45, 2.75) is 89.8 Å². The molecule has 74 heavy (non-hydrogen) atoms. The van der Waals surface area contributed by atoms with Gasteiger partial charge in [-0.05, 0) is 82.9 Å². The standard InChI is InChI=1S/C29H36N8O3.C24H28N8O.ClH/c1-29(2,3)40-28(39)36-15-13-35(14-16-36)20-9-11-23(30-17-20)32-27-31-18-22-21-10-12-24(38)34(4)26(21)37(25(22)33-27)19-7-5-6-8-19;1-30-21(33)9-7-18-19-15-27-24(29-22(19)32(23(18)30)16-4-2-3-5-16)28-20-8-6-17(14-26-20)31-12-10-25-11-13-31;/h9-12,17-19H,5-8,13-16H2,1-4H3,(H,30,31,32,33);6-9,14-16,25H,2-5,10-13H2,1H3,(H,26,27,28,29);1H. The van der Waals surface area contributed by atoms with E-state index in [4.69, 9.17) is 14.7 Å². The molecule has 20 nitrogen and oxygen atoms in total. The van der Waals surface area contributed by atoms with Crippen LogP contribution in [-0.2, 0) is 18.8 Å². The van der Waals surface area contributed by atoms with Crippen LogP contribution in [0.25, 0.3) is 44.1 Å². The normalized spacial score (nSPS) is 16.7. The number of aryl methyl sites for hydroxylation is 2. The number of piperazine rings is 2. The predicted octanol–water partition coefficient (Wildman–Crippen LogP) is 7.96. The molecule has 388 valence electrons. The molecule has 3 N–H and O–H groups in total. The van der Waals surface area contributed by atoms with Crippen molar-refractivity contribution in [1.82, 2.24) is 58.4 Å². The number of nitrogens with zero attached hydrogens (tertiary/aromatic N) is 13. The molecule has 8 aromatic rings. The molecule has 0 radical (unpaired) electrons. The molecule has 2 aliphatic heterocycles. The number of ether oxygens (including phenoxy) is 1. The zero-order chi connectivity index (χ0) is 50.4. The molecule has 2 aliphatic carbocycles. The topological polar surface area (TPSA) is 203 Å². The van der Waals surface area contributed by atoms with Crippen molar-refractivity contribution in [1.29, 1.82) is 0 Å². The van der Waals surface area contributed by atoms with E-state index in [-0.39, 0.29) is 29.6 Å². The molecule has 0 aromatic carbocycles. The molecule has 2 saturated heterocycles. The summed E-state index contributed by atoms with van der Waals surface area (Å²) in [6, 6.07) is 15.7. The van der Waals surface area contributed by atoms with Gasteiger partial charge in [0.1, 0.15) is 39.8 Å². The SMILES string of the molecule is Cl.Cn1c(=O)ccc2c3cnc(Nc4ccc(N5CCN(C(=O)OC(C)(C)C)CC5)cn4)nc3n(C3CCCC3)c21.Cn1c(=O)ccc2c3cnc(Nc4ccc(N5CCNCC5)cn4)nc3n(C3CCCC3)c21. The number of amides is 1. The average molecular weight is 1030 g/mol. The summed E-state index contributed by atoms with van der Waals surface area (Å²) in [5.74, 6) is 2.33. The van der Waals surface area contributed by atoms with Crippen LogP contribution in [-0.4, -0.2) is 117 Å². The minimum atomic E-state index is -0.499. The summed E-state index contributed by atoms with van der Waals surface area (Å²) < 4.78 is 13.4. The molecule has 0 bridgehead atoms. The van der Waals surface area contributed by atoms with E-state index in [1.54, 1.807) is 26.2 Å². The number of aromatic nitrogens is 10. The van der Waals surface area contributed by atoms with Crippen LogP contribution in [0.3, 0.4) is 0 Å². The Labute approximate surface area is 434 Å². The van der Waals surface area contributed by atoms with E-state index in [0.717, 1.165) is 107 Å². The molecule has 21 heteroatoms. The maximum absolute atomic E-state index is 12.5. The first-order valence-corrected chi connectivity index (χ1v) is 25.7. The number of fused-ring (bicyclic) bond motifs is 6. The van der Waals surface area contributed by atoms with E-state index in [2.05, 4.69) is 60.9 Å². The van der Waals surface area contributed by atoms with Gasteiger partial charge in [-0.15, -0.1) is 12.4 Å². The van der Waals surface area contributed by atoms with Gasteiger partial charge in [-0.1, -0.05) is 25.7 Å². The zero-order valence-electron chi connectivity index (χ0n) is 42.8. The van der Waals surface area contributed by atoms with Crippen molar-refractivity contribution in [2.24, 2.45) is 14.1 Å². The highest BCUT2D eigenvalue weighted by atomic mass is 35.5. The number of hydrogen-bond acceptors (Lipinski definition) is 15. The van der Waals surface area contributed by atoms with Crippen LogP contribution in [0, 0.1) is 0 Å². The number of hydrogen-bond donors (Lipinski definition) is 3. The number of pyridine rings is 4. The second-order valence-electron chi connectivity index (χ2n) is 20.7. The van der Waals surface area contributed by atoms with Crippen LogP contribution >= 0.6 is 12.4 Å². The van der Waals surface area contributed by atoms with Crippen molar-refractivity contribution in [3.05, 3.63) is 94.0 Å². The van der Waals surface area contributed by atoms with E-state index in [9.17, 15) is 14.4 Å². The van der Waals surface area contributed by atoms with Gasteiger partial charge in [-0.2, -0.15) is 9.97 Å². The van der Waals surface area contributed by atoms with Crippen LogP contribution in [0.4, 0.5) is 39.7 Å². The van der Waals surface area contributed by atoms with Gasteiger partial charge in [-0.25, -0.2) is 24.7 Å². The van der Waals surface area contributed by atoms with Gasteiger partial charge in [0.25, 0.3) is 11.1 Å². The second kappa shape index (κ2) is 20.9. The lowest BCUT2D eigenvalue weighted by Gasteiger charge is -2.36. The van der Waals surface area contributed by atoms with E-state index >= 15 is 0 Å². The van der Waals surface area contributed by atoms with Crippen molar-refractivity contribution >= 4 is 97.5 Å². The van der Waals surface area contributed by atoms with Gasteiger partial charge in [-0.3, -0.25) is 18.7 Å². The maximum atomic E-state index is 12.5. The van der Waals surface area contributed by atoms with E-state index in [1.807, 2.05) is 90.0 Å². The largest absolute Gasteiger partial charge is 0.444 e. The molecule has 2 saturated carbocycles. The summed E-state index contributed by atoms with van der Waals surface area (Å²) in [4.78, 5) is 71.7. The van der Waals surface area contributed by atoms with Crippen LogP contribution in [0.5, 0.6) is 0 Å². The van der Waals surface area contributed by atoms with Crippen LogP contribution in [0.15, 0.2) is 82.9 Å². The first-order valence-electron chi connectivity index (χ1n) is 25.7. The van der Waals surface area contributed by atoms with Gasteiger partial charge < -0.3 is 44.5 Å². The monoisotopic (exact) mass is 1020 g/mol. The molecule has 1 amide bonds. The number of carbonyl (C=O) groups excluding carboxylic acids is 1. The van der Waals surface area contributed by atoms with E-state index in [1.165, 1.54) is 25.7 Å². The van der Waals surface area contributed by atoms with Gasteiger partial charge in [0.2, 0.25) is 11.9 Å². The molecule has 4 fully saturated rings. The number of anilines is 6. The number of halogens is 1. The minimum Gasteiger partial charge on any atom is -0.444 e. The van der Waals surface area contributed by atoms with Gasteiger partial charge >= 0.3 is 6.09 Å². The van der Waals surface area contributed by atoms with Crippen LogP contribution in [0.1, 0.15) is 84.2 Å². The average Bonchev–Trinajstić information content (AvgIpc) is 4.24. The van der Waals surface area contributed by atoms with Gasteiger partial charge in [0.05, 0.1) is 23.8 Å². The third kappa shape index (κ3) is 10.0. The quantitative estimate of drug-likeness (QED) is 0.132. The fourth-order valence-corrected chi connectivity index (χ4v) is 11.0. The molecule has 0 unspecified atom stereocenters. The smallest absolute Gasteiger partial charge is 0.410 e. The minimum absolute atomic E-state index is 0. The number of nitrogens with one attached hydrogen (secondary N) is 3. The van der Waals surface area contributed by atoms with Gasteiger partial charge in [0.15, 0.2) is 0 Å². The molecule has 8 aromatic heterocycles. The van der Waals surface area contributed by atoms with Gasteiger partial charge in [0, 0.05) is 125 Å². The Morgan fingerprint density at radius 2 is 1.03 bits per heavy atom. The lowest BCUT2D eigenvalue weighted by molar-refractivity contribution is 0.0240. The summed E-state index contributed by atoms with van der Waals surface area (Å²) in [6.07, 6.45) is 16.3. The zero-order valence-corrected chi connectivity index (χ0v) is 43.6. The first kappa shape index (κ1) is 50.2. The molecule has 0 atom stereocenters. The summed E-state index contributed by atoms with van der Waals surface area (Å²) in [7, 11) is 3.66.